The number of nitrogens with zero attached hydrogens (tertiary/aromatic N) is 2. The zero-order valence-corrected chi connectivity index (χ0v) is 12.1. The van der Waals surface area contributed by atoms with Crippen molar-refractivity contribution in [2.45, 2.75) is 6.92 Å². The van der Waals surface area contributed by atoms with Crippen LogP contribution in [0.4, 0.5) is 5.82 Å². The number of thiophene rings is 1. The summed E-state index contributed by atoms with van der Waals surface area (Å²) in [4.78, 5) is 10.1. The third-order valence-corrected chi connectivity index (χ3v) is 3.94. The number of nitrogens with one attached hydrogen (secondary N) is 1. The summed E-state index contributed by atoms with van der Waals surface area (Å²) in [6.45, 7) is 3.19. The van der Waals surface area contributed by atoms with E-state index in [1.165, 1.54) is 11.1 Å². The van der Waals surface area contributed by atoms with Crippen molar-refractivity contribution in [3.8, 4) is 11.1 Å². The highest BCUT2D eigenvalue weighted by Gasteiger charge is 2.13. The lowest BCUT2D eigenvalue weighted by molar-refractivity contribution is 1.000. The third kappa shape index (κ3) is 2.37. The molecule has 0 amide bonds. The lowest BCUT2D eigenvalue weighted by atomic mass is 10.1. The number of fused-ring (bicyclic) bond motifs is 1. The molecule has 2 heterocycles. The number of benzene rings is 1. The van der Waals surface area contributed by atoms with Gasteiger partial charge < -0.3 is 11.1 Å². The number of hydrogen-bond acceptors (Lipinski definition) is 5. The van der Waals surface area contributed by atoms with Gasteiger partial charge in [0.05, 0.1) is 5.39 Å². The van der Waals surface area contributed by atoms with Gasteiger partial charge in [-0.15, -0.1) is 11.3 Å². The van der Waals surface area contributed by atoms with Gasteiger partial charge in [-0.05, 0) is 12.5 Å². The van der Waals surface area contributed by atoms with Crippen LogP contribution in [-0.2, 0) is 0 Å². The number of nitrogens with two attached hydrogens (primary N) is 1. The maximum absolute atomic E-state index is 5.58. The molecule has 0 bridgehead atoms. The van der Waals surface area contributed by atoms with Crippen LogP contribution in [0.3, 0.4) is 0 Å². The van der Waals surface area contributed by atoms with Crippen LogP contribution in [0.15, 0.2) is 35.7 Å². The largest absolute Gasteiger partial charge is 0.368 e. The van der Waals surface area contributed by atoms with Crippen LogP contribution >= 0.6 is 11.3 Å². The molecule has 0 aliphatic carbocycles. The molecular weight excluding hydrogens is 268 g/mol. The summed E-state index contributed by atoms with van der Waals surface area (Å²) in [7, 11) is 0. The van der Waals surface area contributed by atoms with E-state index in [0.717, 1.165) is 21.9 Å². The molecule has 0 saturated heterocycles. The highest BCUT2D eigenvalue weighted by molar-refractivity contribution is 7.17. The van der Waals surface area contributed by atoms with Gasteiger partial charge in [0, 0.05) is 24.0 Å². The summed E-state index contributed by atoms with van der Waals surface area (Å²) in [5.74, 6) is 1.65. The fourth-order valence-corrected chi connectivity index (χ4v) is 3.19. The molecule has 0 atom stereocenters. The van der Waals surface area contributed by atoms with Gasteiger partial charge in [-0.3, -0.25) is 0 Å². The van der Waals surface area contributed by atoms with Crippen molar-refractivity contribution in [2.24, 2.45) is 5.73 Å². The van der Waals surface area contributed by atoms with E-state index in [2.05, 4.69) is 32.8 Å². The Balaban J connectivity index is 2.19. The summed E-state index contributed by atoms with van der Waals surface area (Å²) in [5.41, 5.74) is 7.93. The molecule has 3 N–H and O–H groups in total. The molecule has 0 radical (unpaired) electrons. The topological polar surface area (TPSA) is 63.8 Å². The molecule has 0 aliphatic rings. The second-order valence-electron chi connectivity index (χ2n) is 4.53. The van der Waals surface area contributed by atoms with E-state index < -0.39 is 0 Å². The molecule has 5 heteroatoms. The first-order chi connectivity index (χ1) is 9.79. The monoisotopic (exact) mass is 284 g/mol. The van der Waals surface area contributed by atoms with Crippen LogP contribution in [0.2, 0.25) is 0 Å². The molecule has 3 aromatic rings. The lowest BCUT2D eigenvalue weighted by Gasteiger charge is -2.08. The summed E-state index contributed by atoms with van der Waals surface area (Å²) in [6, 6.07) is 10.3. The van der Waals surface area contributed by atoms with Crippen LogP contribution in [-0.4, -0.2) is 23.1 Å². The molecule has 0 saturated carbocycles. The molecule has 1 aromatic carbocycles. The Hall–Kier alpha value is -1.98. The van der Waals surface area contributed by atoms with Crippen molar-refractivity contribution in [1.29, 1.82) is 0 Å². The van der Waals surface area contributed by atoms with Gasteiger partial charge >= 0.3 is 0 Å². The molecule has 0 fully saturated rings. The molecule has 20 heavy (non-hydrogen) atoms. The summed E-state index contributed by atoms with van der Waals surface area (Å²) < 4.78 is 0. The van der Waals surface area contributed by atoms with Crippen LogP contribution in [0, 0.1) is 6.92 Å². The summed E-state index contributed by atoms with van der Waals surface area (Å²) in [5, 5.41) is 6.53. The Labute approximate surface area is 121 Å². The standard InChI is InChI=1S/C15H16N4S/c1-10-18-14(17-8-7-16)13-12(9-20-15(13)19-10)11-5-3-2-4-6-11/h2-6,9H,7-8,16H2,1H3,(H,17,18,19). The van der Waals surface area contributed by atoms with Crippen LogP contribution in [0.1, 0.15) is 5.82 Å². The molecular formula is C15H16N4S. The van der Waals surface area contributed by atoms with Crippen molar-refractivity contribution < 1.29 is 0 Å². The van der Waals surface area contributed by atoms with E-state index >= 15 is 0 Å². The van der Waals surface area contributed by atoms with Gasteiger partial charge in [-0.1, -0.05) is 30.3 Å². The van der Waals surface area contributed by atoms with Gasteiger partial charge in [0.1, 0.15) is 16.5 Å². The van der Waals surface area contributed by atoms with Crippen molar-refractivity contribution in [1.82, 2.24) is 9.97 Å². The van der Waals surface area contributed by atoms with E-state index in [4.69, 9.17) is 5.73 Å². The number of aromatic nitrogens is 2. The fraction of sp³-hybridized carbons (Fsp3) is 0.200. The fourth-order valence-electron chi connectivity index (χ4n) is 2.20. The van der Waals surface area contributed by atoms with Gasteiger partial charge in [0.25, 0.3) is 0 Å². The maximum Gasteiger partial charge on any atom is 0.139 e. The molecule has 4 nitrogen and oxygen atoms in total. The molecule has 102 valence electrons. The van der Waals surface area contributed by atoms with E-state index in [1.54, 1.807) is 11.3 Å². The number of rotatable bonds is 4. The maximum atomic E-state index is 5.58. The average Bonchev–Trinajstić information content (AvgIpc) is 2.89. The molecule has 0 aliphatic heterocycles. The van der Waals surface area contributed by atoms with Gasteiger partial charge in [-0.25, -0.2) is 9.97 Å². The number of hydrogen-bond donors (Lipinski definition) is 2. The minimum absolute atomic E-state index is 0.579. The Kier molecular flexibility index (Phi) is 3.62. The Morgan fingerprint density at radius 1 is 1.20 bits per heavy atom. The zero-order chi connectivity index (χ0) is 13.9. The lowest BCUT2D eigenvalue weighted by Crippen LogP contribution is -2.14. The highest BCUT2D eigenvalue weighted by Crippen LogP contribution is 2.36. The van der Waals surface area contributed by atoms with E-state index in [0.29, 0.717) is 13.1 Å². The molecule has 0 unspecified atom stereocenters. The highest BCUT2D eigenvalue weighted by atomic mass is 32.1. The Morgan fingerprint density at radius 2 is 2.00 bits per heavy atom. The van der Waals surface area contributed by atoms with Crippen molar-refractivity contribution >= 4 is 27.4 Å². The van der Waals surface area contributed by atoms with Gasteiger partial charge in [0.2, 0.25) is 0 Å². The normalized spacial score (nSPS) is 10.9. The quantitative estimate of drug-likeness (QED) is 0.773. The average molecular weight is 284 g/mol. The summed E-state index contributed by atoms with van der Waals surface area (Å²) in [6.07, 6.45) is 0. The predicted molar refractivity (Wildman–Crippen MR) is 85.1 cm³/mol. The van der Waals surface area contributed by atoms with Crippen molar-refractivity contribution in [3.05, 3.63) is 41.5 Å². The van der Waals surface area contributed by atoms with Crippen molar-refractivity contribution in [2.75, 3.05) is 18.4 Å². The molecule has 0 spiro atoms. The first-order valence-electron chi connectivity index (χ1n) is 6.55. The molecule has 3 rings (SSSR count). The van der Waals surface area contributed by atoms with E-state index in [-0.39, 0.29) is 0 Å². The second kappa shape index (κ2) is 5.56. The third-order valence-electron chi connectivity index (χ3n) is 3.07. The van der Waals surface area contributed by atoms with Crippen LogP contribution in [0.5, 0.6) is 0 Å². The molecule has 2 aromatic heterocycles. The van der Waals surface area contributed by atoms with Crippen LogP contribution in [0.25, 0.3) is 21.3 Å². The summed E-state index contributed by atoms with van der Waals surface area (Å²) >= 11 is 1.65. The Bertz CT molecular complexity index is 721. The minimum Gasteiger partial charge on any atom is -0.368 e. The smallest absolute Gasteiger partial charge is 0.139 e. The first-order valence-corrected chi connectivity index (χ1v) is 7.43. The first kappa shape index (κ1) is 13.0. The zero-order valence-electron chi connectivity index (χ0n) is 11.3. The number of aryl methyl sites for hydroxylation is 1. The minimum atomic E-state index is 0.579. The van der Waals surface area contributed by atoms with Gasteiger partial charge in [-0.2, -0.15) is 0 Å². The Morgan fingerprint density at radius 3 is 2.75 bits per heavy atom. The van der Waals surface area contributed by atoms with Gasteiger partial charge in [0.15, 0.2) is 0 Å². The predicted octanol–water partition coefficient (Wildman–Crippen LogP) is 3.04. The van der Waals surface area contributed by atoms with E-state index in [1.807, 2.05) is 25.1 Å². The van der Waals surface area contributed by atoms with Crippen LogP contribution < -0.4 is 11.1 Å². The SMILES string of the molecule is Cc1nc(NCCN)c2c(-c3ccccc3)csc2n1. The number of anilines is 1. The second-order valence-corrected chi connectivity index (χ2v) is 5.39. The van der Waals surface area contributed by atoms with E-state index in [9.17, 15) is 0 Å². The van der Waals surface area contributed by atoms with Crippen molar-refractivity contribution in [3.63, 3.8) is 0 Å².